The van der Waals surface area contributed by atoms with E-state index in [0.29, 0.717) is 5.69 Å². The summed E-state index contributed by atoms with van der Waals surface area (Å²) in [5, 5.41) is 3.02. The zero-order valence-corrected chi connectivity index (χ0v) is 24.3. The Morgan fingerprint density at radius 2 is 1.53 bits per heavy atom. The summed E-state index contributed by atoms with van der Waals surface area (Å²) in [6, 6.07) is 24.6. The first-order valence-corrected chi connectivity index (χ1v) is 15.1. The van der Waals surface area contributed by atoms with Gasteiger partial charge in [-0.15, -0.1) is 0 Å². The fourth-order valence-corrected chi connectivity index (χ4v) is 5.33. The Balaban J connectivity index is 2.04. The van der Waals surface area contributed by atoms with Crippen molar-refractivity contribution in [1.29, 1.82) is 0 Å². The summed E-state index contributed by atoms with van der Waals surface area (Å²) in [4.78, 5) is 29.1. The molecule has 202 valence electrons. The van der Waals surface area contributed by atoms with E-state index in [2.05, 4.69) is 21.2 Å². The SMILES string of the molecule is CC[C@@H](C)NC(=O)[C@@H](Cc1ccccc1)N(Cc1cccc(Br)c1)C(=O)CN(c1ccccc1)S(C)(=O)=O. The summed E-state index contributed by atoms with van der Waals surface area (Å²) < 4.78 is 27.4. The topological polar surface area (TPSA) is 86.8 Å². The molecule has 0 fully saturated rings. The fraction of sp³-hybridized carbons (Fsp3) is 0.310. The molecule has 0 aliphatic heterocycles. The molecule has 0 radical (unpaired) electrons. The van der Waals surface area contributed by atoms with Gasteiger partial charge in [0.15, 0.2) is 0 Å². The maximum absolute atomic E-state index is 14.0. The van der Waals surface area contributed by atoms with Gasteiger partial charge in [-0.3, -0.25) is 13.9 Å². The van der Waals surface area contributed by atoms with Crippen LogP contribution in [0.2, 0.25) is 0 Å². The molecule has 38 heavy (non-hydrogen) atoms. The monoisotopic (exact) mass is 599 g/mol. The van der Waals surface area contributed by atoms with E-state index in [9.17, 15) is 18.0 Å². The van der Waals surface area contributed by atoms with Crippen molar-refractivity contribution in [2.45, 2.75) is 45.3 Å². The van der Waals surface area contributed by atoms with Gasteiger partial charge in [-0.05, 0) is 48.7 Å². The van der Waals surface area contributed by atoms with Crippen LogP contribution in [0.1, 0.15) is 31.4 Å². The predicted octanol–water partition coefficient (Wildman–Crippen LogP) is 4.77. The number of hydrogen-bond acceptors (Lipinski definition) is 4. The minimum atomic E-state index is -3.78. The van der Waals surface area contributed by atoms with E-state index in [1.165, 1.54) is 4.90 Å². The van der Waals surface area contributed by atoms with E-state index in [0.717, 1.165) is 32.6 Å². The molecule has 2 atom stereocenters. The molecule has 1 N–H and O–H groups in total. The third-order valence-corrected chi connectivity index (χ3v) is 7.87. The lowest BCUT2D eigenvalue weighted by Gasteiger charge is -2.34. The highest BCUT2D eigenvalue weighted by Crippen LogP contribution is 2.21. The first-order chi connectivity index (χ1) is 18.1. The summed E-state index contributed by atoms with van der Waals surface area (Å²) in [7, 11) is -3.78. The van der Waals surface area contributed by atoms with Crippen LogP contribution in [-0.2, 0) is 32.6 Å². The van der Waals surface area contributed by atoms with Crippen LogP contribution in [0.15, 0.2) is 89.4 Å². The molecule has 0 bridgehead atoms. The number of carbonyl (C=O) groups excluding carboxylic acids is 2. The van der Waals surface area contributed by atoms with Crippen molar-refractivity contribution in [1.82, 2.24) is 10.2 Å². The molecule has 9 heteroatoms. The first kappa shape index (κ1) is 29.4. The quantitative estimate of drug-likeness (QED) is 0.325. The molecule has 3 aromatic rings. The molecule has 0 spiro atoms. The molecule has 2 amide bonds. The molecule has 0 aliphatic rings. The van der Waals surface area contributed by atoms with Crippen LogP contribution in [0.25, 0.3) is 0 Å². The minimum Gasteiger partial charge on any atom is -0.352 e. The Kier molecular flexibility index (Phi) is 10.5. The van der Waals surface area contributed by atoms with E-state index in [4.69, 9.17) is 0 Å². The number of hydrogen-bond donors (Lipinski definition) is 1. The van der Waals surface area contributed by atoms with Crippen LogP contribution >= 0.6 is 15.9 Å². The summed E-state index contributed by atoms with van der Waals surface area (Å²) in [5.41, 5.74) is 2.09. The molecular weight excluding hydrogens is 566 g/mol. The third kappa shape index (κ3) is 8.43. The molecule has 0 heterocycles. The second kappa shape index (κ2) is 13.6. The molecule has 3 rings (SSSR count). The van der Waals surface area contributed by atoms with Gasteiger partial charge in [-0.1, -0.05) is 83.5 Å². The summed E-state index contributed by atoms with van der Waals surface area (Å²) in [5.74, 6) is -0.753. The Morgan fingerprint density at radius 3 is 2.11 bits per heavy atom. The minimum absolute atomic E-state index is 0.0829. The van der Waals surface area contributed by atoms with Crippen molar-refractivity contribution < 1.29 is 18.0 Å². The Bertz CT molecular complexity index is 1320. The first-order valence-electron chi connectivity index (χ1n) is 12.5. The molecular formula is C29H34BrN3O4S. The summed E-state index contributed by atoms with van der Waals surface area (Å²) in [6.45, 7) is 3.60. The van der Waals surface area contributed by atoms with Crippen molar-refractivity contribution in [3.8, 4) is 0 Å². The molecule has 0 unspecified atom stereocenters. The predicted molar refractivity (Wildman–Crippen MR) is 155 cm³/mol. The second-order valence-electron chi connectivity index (χ2n) is 9.28. The van der Waals surface area contributed by atoms with Crippen LogP contribution in [0.5, 0.6) is 0 Å². The summed E-state index contributed by atoms with van der Waals surface area (Å²) >= 11 is 3.48. The average molecular weight is 601 g/mol. The number of sulfonamides is 1. The normalized spacial score (nSPS) is 12.8. The molecule has 0 saturated carbocycles. The number of rotatable bonds is 12. The summed E-state index contributed by atoms with van der Waals surface area (Å²) in [6.07, 6.45) is 2.09. The Morgan fingerprint density at radius 1 is 0.921 bits per heavy atom. The standard InChI is InChI=1S/C29H34BrN3O4S/c1-4-22(2)31-29(35)27(19-23-12-7-5-8-13-23)32(20-24-14-11-15-25(30)18-24)28(34)21-33(38(3,36)37)26-16-9-6-10-17-26/h5-18,22,27H,4,19-21H2,1-3H3,(H,31,35)/t22-,27-/m1/s1. The van der Waals surface area contributed by atoms with Crippen molar-refractivity contribution in [2.75, 3.05) is 17.1 Å². The number of halogens is 1. The van der Waals surface area contributed by atoms with Crippen molar-refractivity contribution in [2.24, 2.45) is 0 Å². The molecule has 0 aromatic heterocycles. The number of anilines is 1. The number of carbonyl (C=O) groups is 2. The molecule has 3 aromatic carbocycles. The molecule has 0 aliphatic carbocycles. The average Bonchev–Trinajstić information content (AvgIpc) is 2.89. The molecule has 7 nitrogen and oxygen atoms in total. The van der Waals surface area contributed by atoms with Gasteiger partial charge in [-0.25, -0.2) is 8.42 Å². The van der Waals surface area contributed by atoms with Gasteiger partial charge in [0, 0.05) is 23.5 Å². The van der Waals surface area contributed by atoms with Gasteiger partial charge < -0.3 is 10.2 Å². The van der Waals surface area contributed by atoms with E-state index >= 15 is 0 Å². The van der Waals surface area contributed by atoms with Crippen molar-refractivity contribution in [3.05, 3.63) is 101 Å². The number of nitrogens with zero attached hydrogens (tertiary/aromatic N) is 2. The van der Waals surface area contributed by atoms with E-state index in [-0.39, 0.29) is 24.9 Å². The highest BCUT2D eigenvalue weighted by Gasteiger charge is 2.33. The van der Waals surface area contributed by atoms with Gasteiger partial charge in [0.05, 0.1) is 11.9 Å². The third-order valence-electron chi connectivity index (χ3n) is 6.24. The largest absolute Gasteiger partial charge is 0.352 e. The highest BCUT2D eigenvalue weighted by atomic mass is 79.9. The van der Waals surface area contributed by atoms with Gasteiger partial charge in [0.2, 0.25) is 21.8 Å². The van der Waals surface area contributed by atoms with Gasteiger partial charge in [-0.2, -0.15) is 0 Å². The number of nitrogens with one attached hydrogen (secondary N) is 1. The van der Waals surface area contributed by atoms with Crippen LogP contribution < -0.4 is 9.62 Å². The van der Waals surface area contributed by atoms with Crippen LogP contribution in [0.3, 0.4) is 0 Å². The lowest BCUT2D eigenvalue weighted by atomic mass is 10.0. The number of amides is 2. The maximum atomic E-state index is 14.0. The zero-order valence-electron chi connectivity index (χ0n) is 21.9. The van der Waals surface area contributed by atoms with E-state index in [1.807, 2.05) is 68.4 Å². The number of benzene rings is 3. The van der Waals surface area contributed by atoms with Gasteiger partial charge in [0.25, 0.3) is 0 Å². The Labute approximate surface area is 234 Å². The highest BCUT2D eigenvalue weighted by molar-refractivity contribution is 9.10. The fourth-order valence-electron chi connectivity index (χ4n) is 4.04. The van der Waals surface area contributed by atoms with Crippen LogP contribution in [0.4, 0.5) is 5.69 Å². The lowest BCUT2D eigenvalue weighted by Crippen LogP contribution is -2.54. The smallest absolute Gasteiger partial charge is 0.244 e. The van der Waals surface area contributed by atoms with Gasteiger partial charge in [0.1, 0.15) is 12.6 Å². The van der Waals surface area contributed by atoms with Crippen LogP contribution in [-0.4, -0.2) is 50.0 Å². The Hall–Kier alpha value is -3.17. The second-order valence-corrected chi connectivity index (χ2v) is 12.1. The zero-order chi connectivity index (χ0) is 27.7. The van der Waals surface area contributed by atoms with E-state index in [1.54, 1.807) is 30.3 Å². The van der Waals surface area contributed by atoms with Crippen LogP contribution in [0, 0.1) is 0 Å². The van der Waals surface area contributed by atoms with Crippen molar-refractivity contribution >= 4 is 43.5 Å². The van der Waals surface area contributed by atoms with E-state index < -0.39 is 28.5 Å². The number of para-hydroxylation sites is 1. The van der Waals surface area contributed by atoms with Crippen molar-refractivity contribution in [3.63, 3.8) is 0 Å². The van der Waals surface area contributed by atoms with Gasteiger partial charge >= 0.3 is 0 Å². The lowest BCUT2D eigenvalue weighted by molar-refractivity contribution is -0.140. The maximum Gasteiger partial charge on any atom is 0.244 e. The molecule has 0 saturated heterocycles.